The summed E-state index contributed by atoms with van der Waals surface area (Å²) in [6, 6.07) is 1.10. The third kappa shape index (κ3) is 3.39. The fraction of sp³-hybridized carbons (Fsp3) is 0.438. The molecular formula is C16H19FN4O2. The molecule has 2 aromatic heterocycles. The van der Waals surface area contributed by atoms with Gasteiger partial charge in [-0.2, -0.15) is 0 Å². The summed E-state index contributed by atoms with van der Waals surface area (Å²) in [5.74, 6) is -0.113. The monoisotopic (exact) mass is 318 g/mol. The van der Waals surface area contributed by atoms with Gasteiger partial charge in [0.15, 0.2) is 5.82 Å². The molecule has 0 aliphatic carbocycles. The van der Waals surface area contributed by atoms with Crippen LogP contribution in [0.5, 0.6) is 0 Å². The van der Waals surface area contributed by atoms with Crippen molar-refractivity contribution in [3.63, 3.8) is 0 Å². The Bertz CT molecular complexity index is 682. The minimum atomic E-state index is -0.629. The molecule has 0 unspecified atom stereocenters. The van der Waals surface area contributed by atoms with Gasteiger partial charge in [-0.05, 0) is 24.8 Å². The number of nitrogens with zero attached hydrogens (tertiary/aromatic N) is 3. The molecule has 1 atom stereocenters. The largest absolute Gasteiger partial charge is 0.381 e. The lowest BCUT2D eigenvalue weighted by Crippen LogP contribution is -2.37. The Morgan fingerprint density at radius 1 is 1.43 bits per heavy atom. The first kappa shape index (κ1) is 15.6. The standard InChI is InChI=1S/C16H19FN4O2/c1-21-7-6-19-15(21)14(11-3-8-23-9-4-11)20-16(22)12-2-5-18-10-13(12)17/h2,5-7,10-11,14H,3-4,8-9H2,1H3,(H,20,22)/t14-/m1/s1. The van der Waals surface area contributed by atoms with Gasteiger partial charge in [-0.1, -0.05) is 0 Å². The first-order valence-electron chi connectivity index (χ1n) is 7.62. The number of rotatable bonds is 4. The van der Waals surface area contributed by atoms with Crippen molar-refractivity contribution in [3.05, 3.63) is 48.1 Å². The van der Waals surface area contributed by atoms with Crippen LogP contribution in [-0.4, -0.2) is 33.7 Å². The summed E-state index contributed by atoms with van der Waals surface area (Å²) < 4.78 is 21.1. The second-order valence-electron chi connectivity index (χ2n) is 5.65. The highest BCUT2D eigenvalue weighted by Crippen LogP contribution is 2.29. The van der Waals surface area contributed by atoms with Crippen LogP contribution in [0.4, 0.5) is 4.39 Å². The molecule has 23 heavy (non-hydrogen) atoms. The highest BCUT2D eigenvalue weighted by molar-refractivity contribution is 5.94. The molecule has 0 saturated carbocycles. The molecule has 1 aliphatic heterocycles. The van der Waals surface area contributed by atoms with Gasteiger partial charge in [0.05, 0.1) is 17.8 Å². The summed E-state index contributed by atoms with van der Waals surface area (Å²) in [6.45, 7) is 1.32. The molecule has 6 nitrogen and oxygen atoms in total. The van der Waals surface area contributed by atoms with Crippen LogP contribution in [0.1, 0.15) is 35.1 Å². The minimum absolute atomic E-state index is 0.00808. The van der Waals surface area contributed by atoms with Crippen LogP contribution in [0.3, 0.4) is 0 Å². The SMILES string of the molecule is Cn1ccnc1[C@H](NC(=O)c1ccncc1F)C1CCOCC1. The normalized spacial score (nSPS) is 17.0. The van der Waals surface area contributed by atoms with Crippen LogP contribution in [-0.2, 0) is 11.8 Å². The van der Waals surface area contributed by atoms with E-state index in [2.05, 4.69) is 15.3 Å². The number of halogens is 1. The van der Waals surface area contributed by atoms with Crippen molar-refractivity contribution >= 4 is 5.91 Å². The third-order valence-electron chi connectivity index (χ3n) is 4.18. The van der Waals surface area contributed by atoms with Crippen molar-refractivity contribution in [2.75, 3.05) is 13.2 Å². The topological polar surface area (TPSA) is 69.0 Å². The summed E-state index contributed by atoms with van der Waals surface area (Å²) in [5, 5.41) is 2.94. The highest BCUT2D eigenvalue weighted by Gasteiger charge is 2.30. The molecule has 0 radical (unpaired) electrons. The van der Waals surface area contributed by atoms with Gasteiger partial charge in [-0.25, -0.2) is 9.37 Å². The van der Waals surface area contributed by atoms with Gasteiger partial charge in [0.1, 0.15) is 5.82 Å². The third-order valence-corrected chi connectivity index (χ3v) is 4.18. The second kappa shape index (κ2) is 6.87. The van der Waals surface area contributed by atoms with Gasteiger partial charge < -0.3 is 14.6 Å². The van der Waals surface area contributed by atoms with Crippen LogP contribution < -0.4 is 5.32 Å². The molecule has 0 aromatic carbocycles. The second-order valence-corrected chi connectivity index (χ2v) is 5.65. The molecule has 0 bridgehead atoms. The van der Waals surface area contributed by atoms with Crippen molar-refractivity contribution in [1.29, 1.82) is 0 Å². The van der Waals surface area contributed by atoms with Crippen LogP contribution >= 0.6 is 0 Å². The number of hydrogen-bond donors (Lipinski definition) is 1. The first-order chi connectivity index (χ1) is 11.2. The van der Waals surface area contributed by atoms with E-state index in [1.54, 1.807) is 6.20 Å². The minimum Gasteiger partial charge on any atom is -0.381 e. The average Bonchev–Trinajstić information content (AvgIpc) is 2.99. The molecule has 122 valence electrons. The molecule has 1 fully saturated rings. The summed E-state index contributed by atoms with van der Waals surface area (Å²) in [7, 11) is 1.88. The number of imidazole rings is 1. The van der Waals surface area contributed by atoms with Crippen LogP contribution in [0.15, 0.2) is 30.9 Å². The van der Waals surface area contributed by atoms with E-state index in [1.165, 1.54) is 12.3 Å². The average molecular weight is 318 g/mol. The Labute approximate surface area is 133 Å². The van der Waals surface area contributed by atoms with Crippen molar-refractivity contribution in [2.45, 2.75) is 18.9 Å². The molecule has 3 rings (SSSR count). The van der Waals surface area contributed by atoms with E-state index in [1.807, 2.05) is 17.8 Å². The molecule has 1 saturated heterocycles. The van der Waals surface area contributed by atoms with Crippen molar-refractivity contribution in [3.8, 4) is 0 Å². The van der Waals surface area contributed by atoms with Crippen molar-refractivity contribution in [1.82, 2.24) is 19.9 Å². The fourth-order valence-electron chi connectivity index (χ4n) is 2.90. The molecule has 7 heteroatoms. The van der Waals surface area contributed by atoms with Crippen LogP contribution in [0.2, 0.25) is 0 Å². The molecule has 1 aliphatic rings. The molecule has 0 spiro atoms. The quantitative estimate of drug-likeness (QED) is 0.934. The van der Waals surface area contributed by atoms with Gasteiger partial charge in [0, 0.05) is 38.9 Å². The number of nitrogens with one attached hydrogen (secondary N) is 1. The zero-order chi connectivity index (χ0) is 16.2. The van der Waals surface area contributed by atoms with Crippen LogP contribution in [0.25, 0.3) is 0 Å². The molecule has 3 heterocycles. The number of carbonyl (C=O) groups is 1. The molecule has 1 amide bonds. The summed E-state index contributed by atoms with van der Waals surface area (Å²) in [4.78, 5) is 20.5. The Hall–Kier alpha value is -2.28. The number of amides is 1. The molecule has 2 aromatic rings. The summed E-state index contributed by atoms with van der Waals surface area (Å²) in [6.07, 6.45) is 7.64. The zero-order valence-electron chi connectivity index (χ0n) is 12.9. The predicted molar refractivity (Wildman–Crippen MR) is 81.2 cm³/mol. The smallest absolute Gasteiger partial charge is 0.254 e. The number of aryl methyl sites for hydroxylation is 1. The Morgan fingerprint density at radius 3 is 2.87 bits per heavy atom. The van der Waals surface area contributed by atoms with Gasteiger partial charge >= 0.3 is 0 Å². The van der Waals surface area contributed by atoms with Gasteiger partial charge in [0.25, 0.3) is 5.91 Å². The number of aromatic nitrogens is 3. The van der Waals surface area contributed by atoms with Gasteiger partial charge in [-0.3, -0.25) is 9.78 Å². The van der Waals surface area contributed by atoms with E-state index >= 15 is 0 Å². The van der Waals surface area contributed by atoms with Crippen molar-refractivity contribution < 1.29 is 13.9 Å². The van der Waals surface area contributed by atoms with E-state index in [9.17, 15) is 9.18 Å². The summed E-state index contributed by atoms with van der Waals surface area (Å²) >= 11 is 0. The Kier molecular flexibility index (Phi) is 4.66. The summed E-state index contributed by atoms with van der Waals surface area (Å²) in [5.41, 5.74) is -0.00808. The van der Waals surface area contributed by atoms with Gasteiger partial charge in [-0.15, -0.1) is 0 Å². The van der Waals surface area contributed by atoms with Crippen LogP contribution in [0, 0.1) is 11.7 Å². The first-order valence-corrected chi connectivity index (χ1v) is 7.62. The molecular weight excluding hydrogens is 299 g/mol. The molecule has 1 N–H and O–H groups in total. The lowest BCUT2D eigenvalue weighted by molar-refractivity contribution is 0.0498. The van der Waals surface area contributed by atoms with Gasteiger partial charge in [0.2, 0.25) is 0 Å². The van der Waals surface area contributed by atoms with E-state index < -0.39 is 11.7 Å². The maximum atomic E-state index is 13.8. The van der Waals surface area contributed by atoms with Crippen molar-refractivity contribution in [2.24, 2.45) is 13.0 Å². The lowest BCUT2D eigenvalue weighted by atomic mass is 9.90. The number of carbonyl (C=O) groups excluding carboxylic acids is 1. The predicted octanol–water partition coefficient (Wildman–Crippen LogP) is 1.85. The Balaban J connectivity index is 1.85. The number of hydrogen-bond acceptors (Lipinski definition) is 4. The fourth-order valence-corrected chi connectivity index (χ4v) is 2.90. The van der Waals surface area contributed by atoms with E-state index in [0.717, 1.165) is 24.9 Å². The maximum Gasteiger partial charge on any atom is 0.254 e. The van der Waals surface area contributed by atoms with E-state index in [4.69, 9.17) is 4.74 Å². The number of pyridine rings is 1. The maximum absolute atomic E-state index is 13.8. The number of ether oxygens (including phenoxy) is 1. The lowest BCUT2D eigenvalue weighted by Gasteiger charge is -2.30. The Morgan fingerprint density at radius 2 is 2.22 bits per heavy atom. The highest BCUT2D eigenvalue weighted by atomic mass is 19.1. The van der Waals surface area contributed by atoms with E-state index in [-0.39, 0.29) is 17.5 Å². The zero-order valence-corrected chi connectivity index (χ0v) is 12.9. The van der Waals surface area contributed by atoms with E-state index in [0.29, 0.717) is 13.2 Å².